The van der Waals surface area contributed by atoms with Crippen molar-refractivity contribution in [3.8, 4) is 11.3 Å². The predicted octanol–water partition coefficient (Wildman–Crippen LogP) is 3.81. The van der Waals surface area contributed by atoms with Crippen LogP contribution in [0.1, 0.15) is 5.56 Å². The van der Waals surface area contributed by atoms with E-state index >= 15 is 0 Å². The average molecular weight is 384 g/mol. The third kappa shape index (κ3) is 4.30. The number of hydrogen-bond donors (Lipinski definition) is 1. The van der Waals surface area contributed by atoms with Crippen molar-refractivity contribution in [2.45, 2.75) is 6.42 Å². The van der Waals surface area contributed by atoms with E-state index in [0.29, 0.717) is 22.0 Å². The zero-order valence-corrected chi connectivity index (χ0v) is 14.5. The van der Waals surface area contributed by atoms with E-state index in [1.807, 2.05) is 0 Å². The molecular weight excluding hydrogens is 372 g/mol. The maximum absolute atomic E-state index is 12.2. The van der Waals surface area contributed by atoms with Crippen LogP contribution in [0.4, 0.5) is 16.5 Å². The van der Waals surface area contributed by atoms with Crippen molar-refractivity contribution < 1.29 is 14.6 Å². The van der Waals surface area contributed by atoms with Gasteiger partial charge in [-0.2, -0.15) is 0 Å². The molecule has 136 valence electrons. The summed E-state index contributed by atoms with van der Waals surface area (Å²) in [4.78, 5) is 37.3. The van der Waals surface area contributed by atoms with Gasteiger partial charge in [0.1, 0.15) is 0 Å². The number of hydrogen-bond acceptors (Lipinski definition) is 7. The van der Waals surface area contributed by atoms with E-state index in [4.69, 9.17) is 0 Å². The van der Waals surface area contributed by atoms with Gasteiger partial charge in [0, 0.05) is 34.7 Å². The molecule has 3 aromatic rings. The van der Waals surface area contributed by atoms with Crippen molar-refractivity contribution >= 4 is 33.8 Å². The zero-order valence-electron chi connectivity index (χ0n) is 13.7. The van der Waals surface area contributed by atoms with Gasteiger partial charge in [-0.3, -0.25) is 25.0 Å². The standard InChI is InChI=1S/C17H12N4O5S/c22-16(9-12-4-1-2-7-15(12)21(25)26)19-17-18-14(10-27-17)11-5-3-6-13(8-11)20(23)24/h1-8,10H,9H2,(H,18,19,22). The number of nitrogens with one attached hydrogen (secondary N) is 1. The third-order valence-electron chi connectivity index (χ3n) is 3.64. The minimum atomic E-state index is -0.535. The average Bonchev–Trinajstić information content (AvgIpc) is 3.10. The van der Waals surface area contributed by atoms with Gasteiger partial charge in [0.25, 0.3) is 11.4 Å². The third-order valence-corrected chi connectivity index (χ3v) is 4.40. The SMILES string of the molecule is O=C(Cc1ccccc1[N+](=O)[O-])Nc1nc(-c2cccc([N+](=O)[O-])c2)cs1. The summed E-state index contributed by atoms with van der Waals surface area (Å²) < 4.78 is 0. The molecule has 1 amide bonds. The van der Waals surface area contributed by atoms with Crippen LogP contribution in [-0.2, 0) is 11.2 Å². The quantitative estimate of drug-likeness (QED) is 0.508. The number of rotatable bonds is 6. The zero-order chi connectivity index (χ0) is 19.4. The summed E-state index contributed by atoms with van der Waals surface area (Å²) >= 11 is 1.16. The fourth-order valence-electron chi connectivity index (χ4n) is 2.42. The first-order valence-electron chi connectivity index (χ1n) is 7.66. The Balaban J connectivity index is 1.73. The van der Waals surface area contributed by atoms with Crippen molar-refractivity contribution in [3.05, 3.63) is 79.7 Å². The number of anilines is 1. The number of para-hydroxylation sites is 1. The Morgan fingerprint density at radius 3 is 2.59 bits per heavy atom. The molecule has 0 bridgehead atoms. The molecule has 0 atom stereocenters. The highest BCUT2D eigenvalue weighted by molar-refractivity contribution is 7.14. The Hall–Kier alpha value is -3.66. The molecule has 10 heteroatoms. The fourth-order valence-corrected chi connectivity index (χ4v) is 3.15. The van der Waals surface area contributed by atoms with Gasteiger partial charge in [-0.05, 0) is 0 Å². The molecule has 0 aliphatic carbocycles. The molecule has 0 unspecified atom stereocenters. The summed E-state index contributed by atoms with van der Waals surface area (Å²) in [5.74, 6) is -0.441. The Kier molecular flexibility index (Phi) is 5.18. The topological polar surface area (TPSA) is 128 Å². The van der Waals surface area contributed by atoms with Crippen molar-refractivity contribution in [2.75, 3.05) is 5.32 Å². The monoisotopic (exact) mass is 384 g/mol. The highest BCUT2D eigenvalue weighted by atomic mass is 32.1. The van der Waals surface area contributed by atoms with Crippen LogP contribution in [0.3, 0.4) is 0 Å². The minimum Gasteiger partial charge on any atom is -0.302 e. The van der Waals surface area contributed by atoms with E-state index in [2.05, 4.69) is 10.3 Å². The number of nitro groups is 2. The molecule has 0 saturated carbocycles. The maximum atomic E-state index is 12.2. The number of nitrogens with zero attached hydrogens (tertiary/aromatic N) is 3. The lowest BCUT2D eigenvalue weighted by molar-refractivity contribution is -0.385. The van der Waals surface area contributed by atoms with E-state index in [1.54, 1.807) is 23.6 Å². The highest BCUT2D eigenvalue weighted by Crippen LogP contribution is 2.27. The van der Waals surface area contributed by atoms with E-state index in [1.165, 1.54) is 30.3 Å². The van der Waals surface area contributed by atoms with Gasteiger partial charge in [-0.25, -0.2) is 4.98 Å². The van der Waals surface area contributed by atoms with Crippen LogP contribution in [0.2, 0.25) is 0 Å². The number of carbonyl (C=O) groups is 1. The summed E-state index contributed by atoms with van der Waals surface area (Å²) in [6.07, 6.45) is -0.164. The van der Waals surface area contributed by atoms with Gasteiger partial charge in [-0.15, -0.1) is 11.3 Å². The molecule has 9 nitrogen and oxygen atoms in total. The Labute approximate surface area is 156 Å². The van der Waals surface area contributed by atoms with E-state index in [0.717, 1.165) is 11.3 Å². The number of nitro benzene ring substituents is 2. The molecule has 0 spiro atoms. The van der Waals surface area contributed by atoms with Crippen LogP contribution < -0.4 is 5.32 Å². The maximum Gasteiger partial charge on any atom is 0.273 e. The summed E-state index contributed by atoms with van der Waals surface area (Å²) in [5.41, 5.74) is 1.17. The molecule has 1 N–H and O–H groups in total. The second-order valence-electron chi connectivity index (χ2n) is 5.46. The first-order valence-corrected chi connectivity index (χ1v) is 8.54. The van der Waals surface area contributed by atoms with Crippen molar-refractivity contribution in [3.63, 3.8) is 0 Å². The molecular formula is C17H12N4O5S. The fraction of sp³-hybridized carbons (Fsp3) is 0.0588. The molecule has 1 heterocycles. The second-order valence-corrected chi connectivity index (χ2v) is 6.31. The molecule has 0 aliphatic rings. The molecule has 27 heavy (non-hydrogen) atoms. The van der Waals surface area contributed by atoms with Gasteiger partial charge < -0.3 is 5.32 Å². The number of thiazole rings is 1. The largest absolute Gasteiger partial charge is 0.302 e. The molecule has 0 radical (unpaired) electrons. The van der Waals surface area contributed by atoms with Crippen LogP contribution in [0, 0.1) is 20.2 Å². The Bertz CT molecular complexity index is 1030. The first kappa shape index (κ1) is 18.1. The lowest BCUT2D eigenvalue weighted by Crippen LogP contribution is -2.15. The Morgan fingerprint density at radius 2 is 1.85 bits per heavy atom. The minimum absolute atomic E-state index is 0.0533. The summed E-state index contributed by atoms with van der Waals surface area (Å²) in [6, 6.07) is 12.0. The van der Waals surface area contributed by atoms with E-state index in [9.17, 15) is 25.0 Å². The molecule has 3 rings (SSSR count). The van der Waals surface area contributed by atoms with Gasteiger partial charge in [-0.1, -0.05) is 30.3 Å². The molecule has 0 aliphatic heterocycles. The van der Waals surface area contributed by atoms with Crippen LogP contribution in [0.5, 0.6) is 0 Å². The van der Waals surface area contributed by atoms with Gasteiger partial charge in [0.05, 0.1) is 22.0 Å². The lowest BCUT2D eigenvalue weighted by Gasteiger charge is -2.03. The number of benzene rings is 2. The molecule has 1 aromatic heterocycles. The summed E-state index contributed by atoms with van der Waals surface area (Å²) in [6.45, 7) is 0. The number of aromatic nitrogens is 1. The van der Waals surface area contributed by atoms with Crippen molar-refractivity contribution in [1.29, 1.82) is 0 Å². The van der Waals surface area contributed by atoms with Crippen LogP contribution in [0.15, 0.2) is 53.9 Å². The van der Waals surface area contributed by atoms with Crippen LogP contribution in [-0.4, -0.2) is 20.7 Å². The number of carbonyl (C=O) groups excluding carboxylic acids is 1. The molecule has 0 saturated heterocycles. The predicted molar refractivity (Wildman–Crippen MR) is 99.6 cm³/mol. The second kappa shape index (κ2) is 7.70. The summed E-state index contributed by atoms with van der Waals surface area (Å²) in [7, 11) is 0. The van der Waals surface area contributed by atoms with Gasteiger partial charge in [0.15, 0.2) is 5.13 Å². The van der Waals surface area contributed by atoms with Crippen molar-refractivity contribution in [2.24, 2.45) is 0 Å². The van der Waals surface area contributed by atoms with Crippen LogP contribution >= 0.6 is 11.3 Å². The number of amides is 1. The highest BCUT2D eigenvalue weighted by Gasteiger charge is 2.17. The lowest BCUT2D eigenvalue weighted by atomic mass is 10.1. The van der Waals surface area contributed by atoms with E-state index in [-0.39, 0.29) is 17.8 Å². The van der Waals surface area contributed by atoms with Gasteiger partial charge >= 0.3 is 0 Å². The normalized spacial score (nSPS) is 10.4. The molecule has 0 fully saturated rings. The van der Waals surface area contributed by atoms with Crippen LogP contribution in [0.25, 0.3) is 11.3 Å². The summed E-state index contributed by atoms with van der Waals surface area (Å²) in [5, 5.41) is 26.4. The van der Waals surface area contributed by atoms with Gasteiger partial charge in [0.2, 0.25) is 5.91 Å². The van der Waals surface area contributed by atoms with E-state index < -0.39 is 15.8 Å². The van der Waals surface area contributed by atoms with Crippen molar-refractivity contribution in [1.82, 2.24) is 4.98 Å². The first-order chi connectivity index (χ1) is 12.9. The number of non-ortho nitro benzene ring substituents is 1. The smallest absolute Gasteiger partial charge is 0.273 e. The molecule has 2 aromatic carbocycles. The Morgan fingerprint density at radius 1 is 1.07 bits per heavy atom.